The third kappa shape index (κ3) is 4.47. The maximum atomic E-state index is 13.6. The van der Waals surface area contributed by atoms with Crippen LogP contribution in [0.5, 0.6) is 0 Å². The molecule has 1 aromatic heterocycles. The SMILES string of the molecule is NCCN1CCC(CN(N)/C=C(\N)c2c(C=O)[nH]c3ccc(F)cc23)CC1. The van der Waals surface area contributed by atoms with Crippen LogP contribution in [0.3, 0.4) is 0 Å². The number of rotatable bonds is 7. The Morgan fingerprint density at radius 3 is 2.78 bits per heavy atom. The summed E-state index contributed by atoms with van der Waals surface area (Å²) in [5.74, 6) is 6.23. The van der Waals surface area contributed by atoms with Crippen LogP contribution in [0.1, 0.15) is 28.9 Å². The summed E-state index contributed by atoms with van der Waals surface area (Å²) in [6.45, 7) is 4.32. The first-order valence-electron chi connectivity index (χ1n) is 9.19. The fourth-order valence-electron chi connectivity index (χ4n) is 3.75. The van der Waals surface area contributed by atoms with Crippen LogP contribution >= 0.6 is 0 Å². The topological polar surface area (TPSA) is 117 Å². The minimum absolute atomic E-state index is 0.313. The molecule has 0 amide bonds. The van der Waals surface area contributed by atoms with Crippen molar-refractivity contribution in [2.24, 2.45) is 23.2 Å². The fraction of sp³-hybridized carbons (Fsp3) is 0.421. The maximum absolute atomic E-state index is 13.6. The van der Waals surface area contributed by atoms with Gasteiger partial charge in [-0.2, -0.15) is 0 Å². The number of nitrogens with zero attached hydrogens (tertiary/aromatic N) is 2. The fourth-order valence-corrected chi connectivity index (χ4v) is 3.75. The Morgan fingerprint density at radius 1 is 1.37 bits per heavy atom. The zero-order chi connectivity index (χ0) is 19.4. The lowest BCUT2D eigenvalue weighted by Gasteiger charge is -2.33. The van der Waals surface area contributed by atoms with Crippen LogP contribution in [-0.2, 0) is 0 Å². The van der Waals surface area contributed by atoms with Gasteiger partial charge in [-0.3, -0.25) is 4.79 Å². The number of nitrogens with two attached hydrogens (primary N) is 3. The Morgan fingerprint density at radius 2 is 2.11 bits per heavy atom. The number of hydrazine groups is 1. The van der Waals surface area contributed by atoms with Gasteiger partial charge in [0.05, 0.1) is 11.4 Å². The van der Waals surface area contributed by atoms with Gasteiger partial charge in [0.15, 0.2) is 6.29 Å². The smallest absolute Gasteiger partial charge is 0.166 e. The van der Waals surface area contributed by atoms with Crippen LogP contribution in [0, 0.1) is 11.7 Å². The second kappa shape index (κ2) is 8.51. The van der Waals surface area contributed by atoms with E-state index in [0.29, 0.717) is 53.2 Å². The molecule has 1 saturated heterocycles. The average molecular weight is 374 g/mol. The van der Waals surface area contributed by atoms with E-state index in [1.807, 2.05) is 0 Å². The third-order valence-corrected chi connectivity index (χ3v) is 5.12. The number of aromatic nitrogens is 1. The van der Waals surface area contributed by atoms with Crippen LogP contribution in [0.2, 0.25) is 0 Å². The van der Waals surface area contributed by atoms with Crippen molar-refractivity contribution in [1.29, 1.82) is 0 Å². The number of nitrogens with one attached hydrogen (secondary N) is 1. The average Bonchev–Trinajstić information content (AvgIpc) is 3.01. The summed E-state index contributed by atoms with van der Waals surface area (Å²) in [5, 5.41) is 2.13. The highest BCUT2D eigenvalue weighted by molar-refractivity contribution is 6.00. The largest absolute Gasteiger partial charge is 0.397 e. The summed E-state index contributed by atoms with van der Waals surface area (Å²) in [5.41, 5.74) is 13.6. The molecule has 146 valence electrons. The van der Waals surface area contributed by atoms with Gasteiger partial charge in [-0.1, -0.05) is 0 Å². The molecule has 1 aliphatic heterocycles. The van der Waals surface area contributed by atoms with E-state index < -0.39 is 0 Å². The van der Waals surface area contributed by atoms with Gasteiger partial charge in [0.2, 0.25) is 0 Å². The van der Waals surface area contributed by atoms with Gasteiger partial charge in [0.25, 0.3) is 0 Å². The number of halogens is 1. The summed E-state index contributed by atoms with van der Waals surface area (Å²) >= 11 is 0. The van der Waals surface area contributed by atoms with E-state index in [4.69, 9.17) is 17.3 Å². The van der Waals surface area contributed by atoms with E-state index >= 15 is 0 Å². The van der Waals surface area contributed by atoms with E-state index in [1.54, 1.807) is 17.3 Å². The zero-order valence-corrected chi connectivity index (χ0v) is 15.3. The normalized spacial score (nSPS) is 16.8. The molecule has 7 nitrogen and oxygen atoms in total. The molecule has 1 aromatic carbocycles. The van der Waals surface area contributed by atoms with Gasteiger partial charge in [0.1, 0.15) is 5.82 Å². The van der Waals surface area contributed by atoms with Crippen molar-refractivity contribution in [3.8, 4) is 0 Å². The number of fused-ring (bicyclic) bond motifs is 1. The Hall–Kier alpha value is -2.42. The van der Waals surface area contributed by atoms with E-state index in [-0.39, 0.29) is 5.82 Å². The van der Waals surface area contributed by atoms with Crippen LogP contribution in [0.4, 0.5) is 4.39 Å². The Kier molecular flexibility index (Phi) is 6.10. The minimum atomic E-state index is -0.387. The van der Waals surface area contributed by atoms with Crippen molar-refractivity contribution < 1.29 is 9.18 Å². The van der Waals surface area contributed by atoms with Crippen LogP contribution in [0.25, 0.3) is 16.6 Å². The highest BCUT2D eigenvalue weighted by Gasteiger charge is 2.20. The molecule has 0 aliphatic carbocycles. The van der Waals surface area contributed by atoms with E-state index in [0.717, 1.165) is 32.5 Å². The molecule has 1 fully saturated rings. The molecule has 1 aliphatic rings. The summed E-state index contributed by atoms with van der Waals surface area (Å²) in [7, 11) is 0. The number of piperidine rings is 1. The van der Waals surface area contributed by atoms with Gasteiger partial charge < -0.3 is 26.4 Å². The maximum Gasteiger partial charge on any atom is 0.166 e. The summed E-state index contributed by atoms with van der Waals surface area (Å²) in [4.78, 5) is 16.7. The molecule has 7 N–H and O–H groups in total. The number of H-pyrrole nitrogens is 1. The van der Waals surface area contributed by atoms with Crippen LogP contribution in [-0.4, -0.2) is 53.9 Å². The van der Waals surface area contributed by atoms with Gasteiger partial charge >= 0.3 is 0 Å². The molecular formula is C19H27FN6O. The summed E-state index contributed by atoms with van der Waals surface area (Å²) < 4.78 is 13.6. The number of aldehydes is 1. The monoisotopic (exact) mass is 374 g/mol. The molecule has 0 bridgehead atoms. The molecule has 0 spiro atoms. The standard InChI is InChI=1S/C19H27FN6O/c20-14-1-2-17-15(9-14)19(18(12-27)24-17)16(22)11-26(23)10-13-3-6-25(7-4-13)8-5-21/h1-2,9,11-13,24H,3-8,10,21-23H2/b16-11-. The van der Waals surface area contributed by atoms with E-state index in [1.165, 1.54) is 12.1 Å². The Labute approximate surface area is 157 Å². The molecule has 0 radical (unpaired) electrons. The van der Waals surface area contributed by atoms with Crippen molar-refractivity contribution in [2.75, 3.05) is 32.7 Å². The first-order valence-corrected chi connectivity index (χ1v) is 9.19. The number of benzene rings is 1. The minimum Gasteiger partial charge on any atom is -0.397 e. The molecule has 2 aromatic rings. The van der Waals surface area contributed by atoms with Gasteiger partial charge in [-0.25, -0.2) is 10.2 Å². The van der Waals surface area contributed by atoms with Crippen molar-refractivity contribution in [3.05, 3.63) is 41.5 Å². The first-order chi connectivity index (χ1) is 13.0. The van der Waals surface area contributed by atoms with E-state index in [2.05, 4.69) is 9.88 Å². The predicted molar refractivity (Wildman–Crippen MR) is 105 cm³/mol. The summed E-state index contributed by atoms with van der Waals surface area (Å²) in [6, 6.07) is 4.29. The highest BCUT2D eigenvalue weighted by Crippen LogP contribution is 2.27. The molecule has 2 heterocycles. The lowest BCUT2D eigenvalue weighted by atomic mass is 9.96. The van der Waals surface area contributed by atoms with Crippen molar-refractivity contribution in [3.63, 3.8) is 0 Å². The second-order valence-corrected chi connectivity index (χ2v) is 7.08. The number of carbonyl (C=O) groups is 1. The highest BCUT2D eigenvalue weighted by atomic mass is 19.1. The predicted octanol–water partition coefficient (Wildman–Crippen LogP) is 1.22. The molecule has 27 heavy (non-hydrogen) atoms. The van der Waals surface area contributed by atoms with Crippen LogP contribution in [0.15, 0.2) is 24.4 Å². The number of carbonyl (C=O) groups excluding carboxylic acids is 1. The zero-order valence-electron chi connectivity index (χ0n) is 15.3. The van der Waals surface area contributed by atoms with Crippen molar-refractivity contribution in [1.82, 2.24) is 14.9 Å². The van der Waals surface area contributed by atoms with Gasteiger partial charge in [-0.05, 0) is 50.0 Å². The quantitative estimate of drug-likeness (QED) is 0.329. The molecule has 0 unspecified atom stereocenters. The number of hydrogen-bond donors (Lipinski definition) is 4. The molecule has 0 atom stereocenters. The first kappa shape index (κ1) is 19.3. The molecule has 0 saturated carbocycles. The van der Waals surface area contributed by atoms with Crippen molar-refractivity contribution >= 4 is 22.9 Å². The molecule has 8 heteroatoms. The molecule has 3 rings (SSSR count). The van der Waals surface area contributed by atoms with Crippen molar-refractivity contribution in [2.45, 2.75) is 12.8 Å². The number of likely N-dealkylation sites (tertiary alicyclic amines) is 1. The van der Waals surface area contributed by atoms with Crippen LogP contribution < -0.4 is 17.3 Å². The van der Waals surface area contributed by atoms with E-state index in [9.17, 15) is 9.18 Å². The second-order valence-electron chi connectivity index (χ2n) is 7.08. The Bertz CT molecular complexity index is 825. The third-order valence-electron chi connectivity index (χ3n) is 5.12. The summed E-state index contributed by atoms with van der Waals surface area (Å²) in [6.07, 6.45) is 4.41. The lowest BCUT2D eigenvalue weighted by Crippen LogP contribution is -2.41. The van der Waals surface area contributed by atoms with Gasteiger partial charge in [0, 0.05) is 42.3 Å². The molecular weight excluding hydrogens is 347 g/mol. The lowest BCUT2D eigenvalue weighted by molar-refractivity contribution is 0.111. The number of hydrogen-bond acceptors (Lipinski definition) is 6. The van der Waals surface area contributed by atoms with Gasteiger partial charge in [-0.15, -0.1) is 0 Å². The Balaban J connectivity index is 1.73. The number of aromatic amines is 1.